The van der Waals surface area contributed by atoms with Crippen LogP contribution < -0.4 is 10.1 Å². The highest BCUT2D eigenvalue weighted by Crippen LogP contribution is 2.43. The van der Waals surface area contributed by atoms with E-state index in [0.29, 0.717) is 57.9 Å². The van der Waals surface area contributed by atoms with Gasteiger partial charge >= 0.3 is 6.03 Å². The van der Waals surface area contributed by atoms with Gasteiger partial charge in [-0.05, 0) is 61.9 Å². The maximum atomic E-state index is 12.1. The summed E-state index contributed by atoms with van der Waals surface area (Å²) in [5, 5.41) is 7.80. The molecule has 246 valence electrons. The van der Waals surface area contributed by atoms with Crippen molar-refractivity contribution in [3.05, 3.63) is 59.8 Å². The Hall–Kier alpha value is -4.00. The number of imidazole rings is 1. The number of hydrogen-bond acceptors (Lipinski definition) is 7. The second-order valence-electron chi connectivity index (χ2n) is 14.0. The van der Waals surface area contributed by atoms with E-state index in [1.54, 1.807) is 13.2 Å². The lowest BCUT2D eigenvalue weighted by molar-refractivity contribution is 0.0885. The van der Waals surface area contributed by atoms with Crippen molar-refractivity contribution in [3.63, 3.8) is 0 Å². The number of ether oxygens (including phenoxy) is 2. The third kappa shape index (κ3) is 6.46. The number of nitrogens with zero attached hydrogens (tertiary/aromatic N) is 7. The molecule has 11 nitrogen and oxygen atoms in total. The summed E-state index contributed by atoms with van der Waals surface area (Å²) in [6.45, 7) is 11.8. The lowest BCUT2D eigenvalue weighted by Gasteiger charge is -2.31. The van der Waals surface area contributed by atoms with Crippen molar-refractivity contribution in [2.24, 2.45) is 11.8 Å². The predicted octanol–water partition coefficient (Wildman–Crippen LogP) is 6.96. The van der Waals surface area contributed by atoms with Crippen molar-refractivity contribution < 1.29 is 14.3 Å². The molecule has 4 heterocycles. The fraction of sp³-hybridized carbons (Fsp3) is 0.441. The van der Waals surface area contributed by atoms with Crippen LogP contribution in [-0.2, 0) is 18.0 Å². The van der Waals surface area contributed by atoms with Crippen LogP contribution in [0.2, 0.25) is 30.7 Å². The zero-order valence-corrected chi connectivity index (χ0v) is 29.3. The van der Waals surface area contributed by atoms with Gasteiger partial charge in [-0.1, -0.05) is 31.2 Å². The molecule has 1 saturated carbocycles. The molecule has 2 amide bonds. The van der Waals surface area contributed by atoms with E-state index in [1.807, 2.05) is 59.2 Å². The number of aromatic nitrogens is 6. The van der Waals surface area contributed by atoms with Crippen molar-refractivity contribution in [1.29, 1.82) is 0 Å². The highest BCUT2D eigenvalue weighted by atomic mass is 35.5. The van der Waals surface area contributed by atoms with Crippen molar-refractivity contribution in [2.75, 3.05) is 20.2 Å². The van der Waals surface area contributed by atoms with Crippen LogP contribution in [0, 0.1) is 18.8 Å². The van der Waals surface area contributed by atoms with Gasteiger partial charge < -0.3 is 24.3 Å². The summed E-state index contributed by atoms with van der Waals surface area (Å²) in [6.07, 6.45) is 7.66. The Morgan fingerprint density at radius 1 is 1.11 bits per heavy atom. The standard InChI is InChI=1S/C34H41ClN8O3Si/c1-21-39-27-7-6-26(14-30(27)43(21)20-45-10-11-47(3,4)5)46-31-9-8-28-33(32(31)35)40-29(16-37-28)24-15-38-41(18-24)17-22-12-25-13-23(22)19-42(25)34(44)36-2/h6-9,14-16,18,22-23,25H,10-13,17,19-20H2,1-5H3,(H,36,44). The number of benzene rings is 2. The minimum atomic E-state index is -1.17. The molecule has 7 rings (SSSR count). The quantitative estimate of drug-likeness (QED) is 0.126. The van der Waals surface area contributed by atoms with Gasteiger partial charge in [0.2, 0.25) is 0 Å². The summed E-state index contributed by atoms with van der Waals surface area (Å²) >= 11 is 6.91. The number of fused-ring (bicyclic) bond motifs is 4. The monoisotopic (exact) mass is 672 g/mol. The molecule has 2 fully saturated rings. The molecule has 2 aliphatic rings. The van der Waals surface area contributed by atoms with Crippen LogP contribution >= 0.6 is 11.6 Å². The zero-order chi connectivity index (χ0) is 32.9. The van der Waals surface area contributed by atoms with Crippen LogP contribution in [0.4, 0.5) is 4.79 Å². The largest absolute Gasteiger partial charge is 0.456 e. The van der Waals surface area contributed by atoms with Crippen molar-refractivity contribution >= 4 is 47.8 Å². The van der Waals surface area contributed by atoms with Crippen molar-refractivity contribution in [1.82, 2.24) is 39.5 Å². The number of amides is 2. The first kappa shape index (κ1) is 31.6. The first-order chi connectivity index (χ1) is 22.6. The van der Waals surface area contributed by atoms with Gasteiger partial charge in [-0.25, -0.2) is 14.8 Å². The summed E-state index contributed by atoms with van der Waals surface area (Å²) in [5.74, 6) is 3.03. The number of likely N-dealkylation sites (tertiary alicyclic amines) is 1. The predicted molar refractivity (Wildman–Crippen MR) is 186 cm³/mol. The molecule has 1 aliphatic carbocycles. The minimum absolute atomic E-state index is 0.0247. The number of aryl methyl sites for hydroxylation is 1. The molecule has 13 heteroatoms. The smallest absolute Gasteiger partial charge is 0.317 e. The van der Waals surface area contributed by atoms with E-state index in [2.05, 4.69) is 39.6 Å². The molecular weight excluding hydrogens is 632 g/mol. The first-order valence-corrected chi connectivity index (χ1v) is 20.3. The average molecular weight is 673 g/mol. The Labute approximate surface area is 280 Å². The Bertz CT molecular complexity index is 1950. The minimum Gasteiger partial charge on any atom is -0.456 e. The van der Waals surface area contributed by atoms with Crippen molar-refractivity contribution in [3.8, 4) is 22.8 Å². The molecule has 2 aromatic carbocycles. The average Bonchev–Trinajstić information content (AvgIpc) is 3.84. The number of rotatable bonds is 10. The van der Waals surface area contributed by atoms with Gasteiger partial charge in [-0.15, -0.1) is 0 Å². The third-order valence-electron chi connectivity index (χ3n) is 9.49. The van der Waals surface area contributed by atoms with Crippen LogP contribution in [0.3, 0.4) is 0 Å². The van der Waals surface area contributed by atoms with E-state index in [0.717, 1.165) is 61.0 Å². The molecule has 3 atom stereocenters. The van der Waals surface area contributed by atoms with Gasteiger partial charge in [-0.3, -0.25) is 9.67 Å². The zero-order valence-electron chi connectivity index (χ0n) is 27.5. The summed E-state index contributed by atoms with van der Waals surface area (Å²) < 4.78 is 16.4. The Morgan fingerprint density at radius 2 is 1.94 bits per heavy atom. The summed E-state index contributed by atoms with van der Waals surface area (Å²) in [4.78, 5) is 28.4. The fourth-order valence-corrected chi connectivity index (χ4v) is 7.86. The molecule has 0 spiro atoms. The fourth-order valence-electron chi connectivity index (χ4n) is 6.87. The molecule has 1 N–H and O–H groups in total. The molecule has 1 aliphatic heterocycles. The van der Waals surface area contributed by atoms with Gasteiger partial charge in [-0.2, -0.15) is 5.10 Å². The Kier molecular flexibility index (Phi) is 8.43. The second-order valence-corrected chi connectivity index (χ2v) is 20.0. The number of nitrogens with one attached hydrogen (secondary N) is 1. The number of carbonyl (C=O) groups is 1. The highest BCUT2D eigenvalue weighted by Gasteiger charge is 2.46. The van der Waals surface area contributed by atoms with Crippen LogP contribution in [0.1, 0.15) is 18.7 Å². The molecule has 1 saturated heterocycles. The molecule has 5 aromatic rings. The lowest BCUT2D eigenvalue weighted by Crippen LogP contribution is -2.45. The summed E-state index contributed by atoms with van der Waals surface area (Å²) in [5.41, 5.74) is 4.64. The molecule has 3 unspecified atom stereocenters. The van der Waals surface area contributed by atoms with Crippen LogP contribution in [0.5, 0.6) is 11.5 Å². The van der Waals surface area contributed by atoms with Crippen LogP contribution in [0.25, 0.3) is 33.3 Å². The summed E-state index contributed by atoms with van der Waals surface area (Å²) in [6, 6.07) is 11.0. The molecule has 3 aromatic heterocycles. The van der Waals surface area contributed by atoms with E-state index in [4.69, 9.17) is 31.0 Å². The van der Waals surface area contributed by atoms with Gasteiger partial charge in [0, 0.05) is 58.7 Å². The highest BCUT2D eigenvalue weighted by molar-refractivity contribution is 6.76. The number of urea groups is 1. The second kappa shape index (κ2) is 12.5. The number of piperidine rings is 1. The Balaban J connectivity index is 1.06. The van der Waals surface area contributed by atoms with Gasteiger partial charge in [0.1, 0.15) is 34.6 Å². The number of halogens is 1. The molecule has 2 bridgehead atoms. The van der Waals surface area contributed by atoms with Gasteiger partial charge in [0.15, 0.2) is 0 Å². The maximum Gasteiger partial charge on any atom is 0.317 e. The van der Waals surface area contributed by atoms with E-state index in [-0.39, 0.29) is 6.03 Å². The summed E-state index contributed by atoms with van der Waals surface area (Å²) in [7, 11) is 0.524. The Morgan fingerprint density at radius 3 is 2.70 bits per heavy atom. The molecular formula is C34H41ClN8O3Si. The molecule has 47 heavy (non-hydrogen) atoms. The topological polar surface area (TPSA) is 112 Å². The molecule has 0 radical (unpaired) electrons. The van der Waals surface area contributed by atoms with Crippen molar-refractivity contribution in [2.45, 2.75) is 64.8 Å². The van der Waals surface area contributed by atoms with E-state index >= 15 is 0 Å². The van der Waals surface area contributed by atoms with E-state index in [1.165, 1.54) is 0 Å². The van der Waals surface area contributed by atoms with Gasteiger partial charge in [0.05, 0.1) is 34.6 Å². The maximum absolute atomic E-state index is 12.1. The SMILES string of the molecule is CNC(=O)N1CC2CC1CC2Cn1cc(-c2cnc3ccc(Oc4ccc5nc(C)n(COCC[Si](C)(C)C)c5c4)c(Cl)c3n2)cn1. The third-order valence-corrected chi connectivity index (χ3v) is 11.6. The van der Waals surface area contributed by atoms with Crippen LogP contribution in [-0.4, -0.2) is 74.5 Å². The first-order valence-electron chi connectivity index (χ1n) is 16.3. The number of carbonyl (C=O) groups excluding carboxylic acids is 1. The van der Waals surface area contributed by atoms with E-state index < -0.39 is 8.07 Å². The van der Waals surface area contributed by atoms with Gasteiger partial charge in [0.25, 0.3) is 0 Å². The lowest BCUT2D eigenvalue weighted by atomic mass is 9.94. The number of hydrogen-bond donors (Lipinski definition) is 1. The van der Waals surface area contributed by atoms with E-state index in [9.17, 15) is 4.79 Å². The van der Waals surface area contributed by atoms with Crippen LogP contribution in [0.15, 0.2) is 48.9 Å². The normalized spacial score (nSPS) is 19.3.